The Morgan fingerprint density at radius 3 is 1.69 bits per heavy atom. The maximum Gasteiger partial charge on any atom is 0.303 e. The summed E-state index contributed by atoms with van der Waals surface area (Å²) in [5, 5.41) is 10.3. The smallest absolute Gasteiger partial charge is 0.303 e. The van der Waals surface area contributed by atoms with E-state index in [1.165, 1.54) is 0 Å². The molecule has 6 atom stereocenters. The molecule has 3 unspecified atom stereocenters. The second-order valence-corrected chi connectivity index (χ2v) is 6.16. The zero-order valence-corrected chi connectivity index (χ0v) is 16.6. The third-order valence-electron chi connectivity index (χ3n) is 3.59. The second-order valence-electron chi connectivity index (χ2n) is 6.16. The van der Waals surface area contributed by atoms with E-state index in [0.29, 0.717) is 0 Å². The van der Waals surface area contributed by atoms with Crippen molar-refractivity contribution in [1.82, 2.24) is 0 Å². The molecule has 0 aromatic carbocycles. The lowest BCUT2D eigenvalue weighted by molar-refractivity contribution is -0.306. The highest BCUT2D eigenvalue weighted by atomic mass is 16.7. The van der Waals surface area contributed by atoms with Gasteiger partial charge in [-0.3, -0.25) is 24.0 Å². The molecule has 29 heavy (non-hydrogen) atoms. The summed E-state index contributed by atoms with van der Waals surface area (Å²) in [5.74, 6) is -3.97. The average Bonchev–Trinajstić information content (AvgIpc) is 2.55. The molecule has 12 nitrogen and oxygen atoms in total. The molecule has 1 N–H and O–H groups in total. The van der Waals surface area contributed by atoms with Gasteiger partial charge in [0.05, 0.1) is 0 Å². The molecule has 1 saturated heterocycles. The van der Waals surface area contributed by atoms with E-state index < -0.39 is 73.3 Å². The van der Waals surface area contributed by atoms with E-state index in [9.17, 15) is 29.1 Å². The number of hydrogen-bond donors (Lipinski definition) is 1. The summed E-state index contributed by atoms with van der Waals surface area (Å²) < 4.78 is 30.5. The highest BCUT2D eigenvalue weighted by molar-refractivity contribution is 5.69. The Hall–Kier alpha value is -2.73. The Morgan fingerprint density at radius 1 is 0.759 bits per heavy atom. The van der Waals surface area contributed by atoms with Gasteiger partial charge in [0.15, 0.2) is 30.7 Å². The Bertz CT molecular complexity index is 644. The van der Waals surface area contributed by atoms with Gasteiger partial charge in [-0.25, -0.2) is 0 Å². The first-order valence-corrected chi connectivity index (χ1v) is 8.58. The highest BCUT2D eigenvalue weighted by Gasteiger charge is 2.54. The van der Waals surface area contributed by atoms with Gasteiger partial charge < -0.3 is 33.5 Å². The van der Waals surface area contributed by atoms with Crippen LogP contribution in [0.25, 0.3) is 0 Å². The van der Waals surface area contributed by atoms with E-state index in [-0.39, 0.29) is 0 Å². The SMILES string of the molecule is CC(=O)OC[C@H](OC(C)=O)C1O[C@@H](O)C(OC(C)=O)C(OC(C)=O)[C@@H]1OC(C)=O. The van der Waals surface area contributed by atoms with Gasteiger partial charge >= 0.3 is 29.8 Å². The average molecular weight is 420 g/mol. The van der Waals surface area contributed by atoms with Crippen LogP contribution in [0.5, 0.6) is 0 Å². The van der Waals surface area contributed by atoms with Crippen LogP contribution in [-0.4, -0.2) is 78.4 Å². The van der Waals surface area contributed by atoms with E-state index >= 15 is 0 Å². The molecule has 0 aromatic rings. The molecular formula is C17H24O12. The van der Waals surface area contributed by atoms with Crippen LogP contribution in [0.4, 0.5) is 0 Å². The van der Waals surface area contributed by atoms with Crippen LogP contribution < -0.4 is 0 Å². The van der Waals surface area contributed by atoms with Crippen LogP contribution in [0, 0.1) is 0 Å². The van der Waals surface area contributed by atoms with Gasteiger partial charge in [-0.1, -0.05) is 0 Å². The van der Waals surface area contributed by atoms with E-state index in [1.54, 1.807) is 0 Å². The molecule has 0 spiro atoms. The zero-order chi connectivity index (χ0) is 22.3. The largest absolute Gasteiger partial charge is 0.462 e. The first-order chi connectivity index (χ1) is 13.4. The topological polar surface area (TPSA) is 161 Å². The fourth-order valence-corrected chi connectivity index (χ4v) is 2.73. The van der Waals surface area contributed by atoms with Crippen LogP contribution in [-0.2, 0) is 52.4 Å². The van der Waals surface area contributed by atoms with Gasteiger partial charge in [0.25, 0.3) is 0 Å². The summed E-state index contributed by atoms with van der Waals surface area (Å²) in [6, 6.07) is 0. The summed E-state index contributed by atoms with van der Waals surface area (Å²) >= 11 is 0. The first-order valence-electron chi connectivity index (χ1n) is 8.58. The van der Waals surface area contributed by atoms with Gasteiger partial charge in [0.2, 0.25) is 0 Å². The van der Waals surface area contributed by atoms with Gasteiger partial charge in [0.1, 0.15) is 12.7 Å². The van der Waals surface area contributed by atoms with Crippen LogP contribution >= 0.6 is 0 Å². The van der Waals surface area contributed by atoms with Crippen molar-refractivity contribution in [2.45, 2.75) is 71.4 Å². The van der Waals surface area contributed by atoms with E-state index in [0.717, 1.165) is 34.6 Å². The molecular weight excluding hydrogens is 396 g/mol. The Kier molecular flexibility index (Phi) is 8.98. The van der Waals surface area contributed by atoms with Crippen molar-refractivity contribution in [3.05, 3.63) is 0 Å². The molecule has 12 heteroatoms. The van der Waals surface area contributed by atoms with Crippen LogP contribution in [0.1, 0.15) is 34.6 Å². The van der Waals surface area contributed by atoms with E-state index in [2.05, 4.69) is 0 Å². The fourth-order valence-electron chi connectivity index (χ4n) is 2.73. The van der Waals surface area contributed by atoms with Gasteiger partial charge in [-0.2, -0.15) is 0 Å². The molecule has 1 rings (SSSR count). The van der Waals surface area contributed by atoms with Crippen molar-refractivity contribution in [2.24, 2.45) is 0 Å². The van der Waals surface area contributed by atoms with Gasteiger partial charge in [-0.05, 0) is 0 Å². The number of hydrogen-bond acceptors (Lipinski definition) is 12. The van der Waals surface area contributed by atoms with Crippen molar-refractivity contribution in [2.75, 3.05) is 6.61 Å². The van der Waals surface area contributed by atoms with Crippen LogP contribution in [0.15, 0.2) is 0 Å². The molecule has 0 saturated carbocycles. The molecule has 1 aliphatic rings. The summed E-state index contributed by atoms with van der Waals surface area (Å²) in [6.07, 6.45) is -9.10. The number of esters is 5. The van der Waals surface area contributed by atoms with Gasteiger partial charge in [-0.15, -0.1) is 0 Å². The van der Waals surface area contributed by atoms with Crippen molar-refractivity contribution < 1.29 is 57.5 Å². The molecule has 0 aliphatic carbocycles. The summed E-state index contributed by atoms with van der Waals surface area (Å²) in [4.78, 5) is 57.2. The van der Waals surface area contributed by atoms with E-state index in [4.69, 9.17) is 28.4 Å². The quantitative estimate of drug-likeness (QED) is 0.395. The van der Waals surface area contributed by atoms with Crippen molar-refractivity contribution in [3.63, 3.8) is 0 Å². The predicted molar refractivity (Wildman–Crippen MR) is 89.7 cm³/mol. The molecule has 0 radical (unpaired) electrons. The molecule has 0 aromatic heterocycles. The molecule has 1 heterocycles. The zero-order valence-electron chi connectivity index (χ0n) is 16.6. The van der Waals surface area contributed by atoms with Crippen molar-refractivity contribution in [1.29, 1.82) is 0 Å². The maximum atomic E-state index is 11.6. The number of carbonyl (C=O) groups excluding carboxylic acids is 5. The maximum absolute atomic E-state index is 11.6. The second kappa shape index (κ2) is 10.7. The molecule has 0 amide bonds. The Labute approximate surface area is 166 Å². The fraction of sp³-hybridized carbons (Fsp3) is 0.706. The lowest BCUT2D eigenvalue weighted by atomic mass is 9.94. The molecule has 1 aliphatic heterocycles. The standard InChI is InChI=1S/C17H24O12/c1-7(18)24-6-12(25-8(2)19)13-14(26-9(3)20)15(27-10(4)21)16(17(23)29-13)28-11(5)22/h12-17,23H,6H2,1-5H3/t12-,13?,14+,15?,16?,17+/m0/s1. The summed E-state index contributed by atoms with van der Waals surface area (Å²) in [6.45, 7) is 4.84. The normalized spacial score (nSPS) is 27.2. The number of carbonyl (C=O) groups is 5. The number of ether oxygens (including phenoxy) is 6. The minimum Gasteiger partial charge on any atom is -0.462 e. The van der Waals surface area contributed by atoms with Crippen LogP contribution in [0.3, 0.4) is 0 Å². The molecule has 0 bridgehead atoms. The monoisotopic (exact) mass is 420 g/mol. The third-order valence-corrected chi connectivity index (χ3v) is 3.59. The van der Waals surface area contributed by atoms with Gasteiger partial charge in [0, 0.05) is 34.6 Å². The Balaban J connectivity index is 3.34. The summed E-state index contributed by atoms with van der Waals surface area (Å²) in [7, 11) is 0. The van der Waals surface area contributed by atoms with E-state index in [1.807, 2.05) is 0 Å². The highest BCUT2D eigenvalue weighted by Crippen LogP contribution is 2.30. The first kappa shape index (κ1) is 24.3. The molecule has 1 fully saturated rings. The molecule has 164 valence electrons. The summed E-state index contributed by atoms with van der Waals surface area (Å²) in [5.41, 5.74) is 0. The lowest BCUT2D eigenvalue weighted by Crippen LogP contribution is -2.64. The third kappa shape index (κ3) is 7.66. The number of aliphatic hydroxyl groups is 1. The minimum absolute atomic E-state index is 0.505. The number of aliphatic hydroxyl groups excluding tert-OH is 1. The minimum atomic E-state index is -1.84. The van der Waals surface area contributed by atoms with Crippen molar-refractivity contribution >= 4 is 29.8 Å². The van der Waals surface area contributed by atoms with Crippen LogP contribution in [0.2, 0.25) is 0 Å². The lowest BCUT2D eigenvalue weighted by Gasteiger charge is -2.44. The Morgan fingerprint density at radius 2 is 1.24 bits per heavy atom. The van der Waals surface area contributed by atoms with Crippen molar-refractivity contribution in [3.8, 4) is 0 Å². The predicted octanol–water partition coefficient (Wildman–Crippen LogP) is -1.01. The number of rotatable bonds is 7.